The van der Waals surface area contributed by atoms with Crippen molar-refractivity contribution in [1.82, 2.24) is 0 Å². The van der Waals surface area contributed by atoms with Crippen molar-refractivity contribution >= 4 is 0 Å². The Morgan fingerprint density at radius 1 is 0.895 bits per heavy atom. The lowest BCUT2D eigenvalue weighted by molar-refractivity contribution is 0.295. The van der Waals surface area contributed by atoms with E-state index in [1.54, 1.807) is 38.5 Å². The molecule has 4 heteroatoms. The minimum absolute atomic E-state index is 0.217. The zero-order valence-corrected chi connectivity index (χ0v) is 10.9. The third-order valence-corrected chi connectivity index (χ3v) is 2.73. The van der Waals surface area contributed by atoms with Crippen LogP contribution in [0.25, 0.3) is 0 Å². The Morgan fingerprint density at radius 3 is 2.21 bits per heavy atom. The summed E-state index contributed by atoms with van der Waals surface area (Å²) in [4.78, 5) is 0. The molecule has 2 aromatic carbocycles. The fourth-order valence-electron chi connectivity index (χ4n) is 1.67. The third-order valence-electron chi connectivity index (χ3n) is 2.73. The molecule has 0 aliphatic heterocycles. The van der Waals surface area contributed by atoms with Crippen LogP contribution in [0.3, 0.4) is 0 Å². The first-order valence-corrected chi connectivity index (χ1v) is 5.85. The van der Waals surface area contributed by atoms with Gasteiger partial charge in [-0.2, -0.15) is 0 Å². The lowest BCUT2D eigenvalue weighted by atomic mass is 10.2. The first kappa shape index (κ1) is 13.1. The second kappa shape index (κ2) is 6.00. The Bertz CT molecular complexity index is 534. The molecular weight excluding hydrogens is 244 g/mol. The number of hydrogen-bond donors (Lipinski definition) is 1. The number of phenolic OH excluding ortho intramolecular Hbond substituents is 1. The fraction of sp³-hybridized carbons (Fsp3) is 0.200. The molecule has 0 radical (unpaired) electrons. The number of ether oxygens (including phenoxy) is 3. The van der Waals surface area contributed by atoms with E-state index >= 15 is 0 Å². The molecule has 2 aromatic rings. The summed E-state index contributed by atoms with van der Waals surface area (Å²) in [5.74, 6) is 2.37. The van der Waals surface area contributed by atoms with Gasteiger partial charge in [0.05, 0.1) is 14.2 Å². The van der Waals surface area contributed by atoms with Crippen LogP contribution >= 0.6 is 0 Å². The van der Waals surface area contributed by atoms with Gasteiger partial charge in [-0.25, -0.2) is 0 Å². The van der Waals surface area contributed by atoms with Gasteiger partial charge in [0.25, 0.3) is 0 Å². The van der Waals surface area contributed by atoms with Crippen LogP contribution in [0.1, 0.15) is 5.56 Å². The van der Waals surface area contributed by atoms with Crippen LogP contribution in [0.15, 0.2) is 42.5 Å². The topological polar surface area (TPSA) is 47.9 Å². The van der Waals surface area contributed by atoms with Gasteiger partial charge in [0, 0.05) is 11.6 Å². The molecule has 0 bridgehead atoms. The van der Waals surface area contributed by atoms with Crippen molar-refractivity contribution in [3.63, 3.8) is 0 Å². The maximum absolute atomic E-state index is 9.19. The van der Waals surface area contributed by atoms with E-state index in [9.17, 15) is 5.11 Å². The van der Waals surface area contributed by atoms with Crippen LogP contribution < -0.4 is 14.2 Å². The van der Waals surface area contributed by atoms with Gasteiger partial charge < -0.3 is 19.3 Å². The Labute approximate surface area is 112 Å². The van der Waals surface area contributed by atoms with Crippen LogP contribution in [0.5, 0.6) is 23.0 Å². The molecule has 0 fully saturated rings. The monoisotopic (exact) mass is 260 g/mol. The zero-order chi connectivity index (χ0) is 13.7. The van der Waals surface area contributed by atoms with Gasteiger partial charge in [-0.15, -0.1) is 0 Å². The van der Waals surface area contributed by atoms with E-state index in [0.29, 0.717) is 12.4 Å². The van der Waals surface area contributed by atoms with Crippen molar-refractivity contribution in [2.24, 2.45) is 0 Å². The predicted octanol–water partition coefficient (Wildman–Crippen LogP) is 2.99. The van der Waals surface area contributed by atoms with Crippen molar-refractivity contribution in [1.29, 1.82) is 0 Å². The van der Waals surface area contributed by atoms with Crippen molar-refractivity contribution in [3.05, 3.63) is 48.0 Å². The summed E-state index contributed by atoms with van der Waals surface area (Å²) in [6.07, 6.45) is 0. The average Bonchev–Trinajstić information content (AvgIpc) is 2.46. The van der Waals surface area contributed by atoms with Crippen LogP contribution in [0.4, 0.5) is 0 Å². The summed E-state index contributed by atoms with van der Waals surface area (Å²) in [7, 11) is 3.22. The molecule has 2 rings (SSSR count). The van der Waals surface area contributed by atoms with E-state index in [-0.39, 0.29) is 5.75 Å². The molecule has 0 atom stereocenters. The first-order chi connectivity index (χ1) is 9.22. The number of methoxy groups -OCH3 is 2. The number of aromatic hydroxyl groups is 1. The molecule has 0 spiro atoms. The maximum atomic E-state index is 9.19. The molecule has 0 saturated carbocycles. The summed E-state index contributed by atoms with van der Waals surface area (Å²) < 4.78 is 16.1. The molecule has 19 heavy (non-hydrogen) atoms. The highest BCUT2D eigenvalue weighted by Crippen LogP contribution is 2.26. The summed E-state index contributed by atoms with van der Waals surface area (Å²) in [6, 6.07) is 12.2. The lowest BCUT2D eigenvalue weighted by Crippen LogP contribution is -1.99. The van der Waals surface area contributed by atoms with Crippen molar-refractivity contribution in [3.8, 4) is 23.0 Å². The quantitative estimate of drug-likeness (QED) is 0.897. The van der Waals surface area contributed by atoms with E-state index < -0.39 is 0 Å². The molecule has 0 aliphatic rings. The van der Waals surface area contributed by atoms with Gasteiger partial charge in [-0.3, -0.25) is 0 Å². The second-order valence-corrected chi connectivity index (χ2v) is 3.96. The molecule has 0 saturated heterocycles. The minimum Gasteiger partial charge on any atom is -0.508 e. The van der Waals surface area contributed by atoms with E-state index in [2.05, 4.69) is 0 Å². The molecule has 0 heterocycles. The summed E-state index contributed by atoms with van der Waals surface area (Å²) in [5.41, 5.74) is 0.927. The smallest absolute Gasteiger partial charge is 0.129 e. The molecule has 1 N–H and O–H groups in total. The van der Waals surface area contributed by atoms with Gasteiger partial charge in [-0.1, -0.05) is 0 Å². The Hall–Kier alpha value is -2.36. The Balaban J connectivity index is 2.08. The number of rotatable bonds is 5. The van der Waals surface area contributed by atoms with Gasteiger partial charge >= 0.3 is 0 Å². The van der Waals surface area contributed by atoms with Crippen LogP contribution in [-0.2, 0) is 6.61 Å². The highest BCUT2D eigenvalue weighted by molar-refractivity contribution is 5.40. The molecule has 0 aromatic heterocycles. The summed E-state index contributed by atoms with van der Waals surface area (Å²) in [5, 5.41) is 9.19. The maximum Gasteiger partial charge on any atom is 0.129 e. The molecule has 0 amide bonds. The summed E-state index contributed by atoms with van der Waals surface area (Å²) in [6.45, 7) is 0.387. The first-order valence-electron chi connectivity index (χ1n) is 5.85. The number of benzene rings is 2. The van der Waals surface area contributed by atoms with Gasteiger partial charge in [-0.05, 0) is 36.4 Å². The summed E-state index contributed by atoms with van der Waals surface area (Å²) >= 11 is 0. The predicted molar refractivity (Wildman–Crippen MR) is 72.0 cm³/mol. The fourth-order valence-corrected chi connectivity index (χ4v) is 1.67. The minimum atomic E-state index is 0.217. The highest BCUT2D eigenvalue weighted by atomic mass is 16.5. The normalized spacial score (nSPS) is 10.0. The van der Waals surface area contributed by atoms with Crippen LogP contribution in [0.2, 0.25) is 0 Å². The Kier molecular flexibility index (Phi) is 4.13. The highest BCUT2D eigenvalue weighted by Gasteiger charge is 2.06. The van der Waals surface area contributed by atoms with E-state index in [4.69, 9.17) is 14.2 Å². The van der Waals surface area contributed by atoms with Crippen molar-refractivity contribution in [2.45, 2.75) is 6.61 Å². The molecule has 0 aliphatic carbocycles. The molecule has 100 valence electrons. The second-order valence-electron chi connectivity index (χ2n) is 3.96. The zero-order valence-electron chi connectivity index (χ0n) is 10.9. The molecule has 0 unspecified atom stereocenters. The van der Waals surface area contributed by atoms with E-state index in [1.807, 2.05) is 18.2 Å². The third kappa shape index (κ3) is 3.31. The van der Waals surface area contributed by atoms with Crippen LogP contribution in [0, 0.1) is 0 Å². The van der Waals surface area contributed by atoms with E-state index in [0.717, 1.165) is 17.1 Å². The lowest BCUT2D eigenvalue weighted by Gasteiger charge is -2.11. The number of hydrogen-bond acceptors (Lipinski definition) is 4. The standard InChI is InChI=1S/C15H16O4/c1-17-14-6-3-11(15(9-14)18-2)10-19-13-7-4-12(16)5-8-13/h3-9,16H,10H2,1-2H3. The van der Waals surface area contributed by atoms with Gasteiger partial charge in [0.2, 0.25) is 0 Å². The molecular formula is C15H16O4. The molecule has 4 nitrogen and oxygen atoms in total. The Morgan fingerprint density at radius 2 is 1.58 bits per heavy atom. The van der Waals surface area contributed by atoms with E-state index in [1.165, 1.54) is 0 Å². The SMILES string of the molecule is COc1ccc(COc2ccc(O)cc2)c(OC)c1. The number of phenols is 1. The van der Waals surface area contributed by atoms with Crippen molar-refractivity contribution in [2.75, 3.05) is 14.2 Å². The van der Waals surface area contributed by atoms with Gasteiger partial charge in [0.1, 0.15) is 29.6 Å². The van der Waals surface area contributed by atoms with Gasteiger partial charge in [0.15, 0.2) is 0 Å². The average molecular weight is 260 g/mol. The van der Waals surface area contributed by atoms with Crippen molar-refractivity contribution < 1.29 is 19.3 Å². The van der Waals surface area contributed by atoms with Crippen LogP contribution in [-0.4, -0.2) is 19.3 Å². The largest absolute Gasteiger partial charge is 0.508 e.